The third-order valence-corrected chi connectivity index (χ3v) is 3.04. The zero-order valence-electron chi connectivity index (χ0n) is 13.2. The lowest BCUT2D eigenvalue weighted by atomic mass is 10.1. The van der Waals surface area contributed by atoms with E-state index in [-0.39, 0.29) is 18.2 Å². The standard InChI is InChI=1S/C16H17N3O5/c1-10(2)24-15-7-11(5-6-17-15)9-18-16(21)12-3-4-13(19(22)23)14(20)8-12/h3-8,10,20H,9H2,1-2H3,(H,18,21). The van der Waals surface area contributed by atoms with E-state index >= 15 is 0 Å². The van der Waals surface area contributed by atoms with Crippen molar-refractivity contribution in [1.82, 2.24) is 10.3 Å². The van der Waals surface area contributed by atoms with Crippen LogP contribution < -0.4 is 10.1 Å². The van der Waals surface area contributed by atoms with Crippen LogP contribution in [0.5, 0.6) is 11.6 Å². The molecule has 1 amide bonds. The minimum absolute atomic E-state index is 0.00887. The lowest BCUT2D eigenvalue weighted by molar-refractivity contribution is -0.385. The number of pyridine rings is 1. The molecule has 24 heavy (non-hydrogen) atoms. The summed E-state index contributed by atoms with van der Waals surface area (Å²) in [6.07, 6.45) is 1.57. The number of ether oxygens (including phenoxy) is 1. The summed E-state index contributed by atoms with van der Waals surface area (Å²) in [4.78, 5) is 26.1. The summed E-state index contributed by atoms with van der Waals surface area (Å²) >= 11 is 0. The first-order valence-corrected chi connectivity index (χ1v) is 7.24. The first kappa shape index (κ1) is 17.2. The second kappa shape index (κ2) is 7.40. The van der Waals surface area contributed by atoms with E-state index in [0.717, 1.165) is 17.7 Å². The van der Waals surface area contributed by atoms with Crippen molar-refractivity contribution in [2.45, 2.75) is 26.5 Å². The van der Waals surface area contributed by atoms with Gasteiger partial charge in [0.2, 0.25) is 5.88 Å². The third kappa shape index (κ3) is 4.42. The maximum atomic E-state index is 12.1. The van der Waals surface area contributed by atoms with Crippen LogP contribution in [-0.4, -0.2) is 27.0 Å². The number of benzene rings is 1. The Hall–Kier alpha value is -3.16. The summed E-state index contributed by atoms with van der Waals surface area (Å²) in [7, 11) is 0. The highest BCUT2D eigenvalue weighted by Gasteiger charge is 2.16. The van der Waals surface area contributed by atoms with E-state index in [4.69, 9.17) is 4.74 Å². The van der Waals surface area contributed by atoms with E-state index in [2.05, 4.69) is 10.3 Å². The predicted molar refractivity (Wildman–Crippen MR) is 85.9 cm³/mol. The molecular formula is C16H17N3O5. The number of nitro benzene ring substituents is 1. The van der Waals surface area contributed by atoms with Crippen LogP contribution in [0.3, 0.4) is 0 Å². The molecule has 0 atom stereocenters. The molecule has 0 aliphatic carbocycles. The van der Waals surface area contributed by atoms with Crippen molar-refractivity contribution in [3.63, 3.8) is 0 Å². The predicted octanol–water partition coefficient (Wildman–Crippen LogP) is 2.41. The molecular weight excluding hydrogens is 314 g/mol. The molecule has 8 nitrogen and oxygen atoms in total. The van der Waals surface area contributed by atoms with Gasteiger partial charge in [-0.25, -0.2) is 4.98 Å². The van der Waals surface area contributed by atoms with Gasteiger partial charge in [-0.2, -0.15) is 0 Å². The number of hydrogen-bond acceptors (Lipinski definition) is 6. The number of phenolic OH excluding ortho intramolecular Hbond substituents is 1. The Kier molecular flexibility index (Phi) is 5.31. The number of aromatic nitrogens is 1. The molecule has 0 aliphatic rings. The summed E-state index contributed by atoms with van der Waals surface area (Å²) in [5.74, 6) is -0.544. The Bertz CT molecular complexity index is 761. The van der Waals surface area contributed by atoms with E-state index in [0.29, 0.717) is 5.88 Å². The summed E-state index contributed by atoms with van der Waals surface area (Å²) in [5, 5.41) is 22.9. The number of amides is 1. The summed E-state index contributed by atoms with van der Waals surface area (Å²) in [6.45, 7) is 4.00. The zero-order valence-corrected chi connectivity index (χ0v) is 13.2. The number of carbonyl (C=O) groups is 1. The highest BCUT2D eigenvalue weighted by atomic mass is 16.6. The van der Waals surface area contributed by atoms with Crippen molar-refractivity contribution >= 4 is 11.6 Å². The van der Waals surface area contributed by atoms with Gasteiger partial charge in [0.1, 0.15) is 0 Å². The number of aromatic hydroxyl groups is 1. The van der Waals surface area contributed by atoms with E-state index in [1.165, 1.54) is 6.07 Å². The maximum absolute atomic E-state index is 12.1. The van der Waals surface area contributed by atoms with Gasteiger partial charge in [0.05, 0.1) is 11.0 Å². The van der Waals surface area contributed by atoms with Gasteiger partial charge in [-0.3, -0.25) is 14.9 Å². The molecule has 126 valence electrons. The van der Waals surface area contributed by atoms with Crippen molar-refractivity contribution < 1.29 is 19.6 Å². The first-order valence-electron chi connectivity index (χ1n) is 7.24. The van der Waals surface area contributed by atoms with E-state index in [9.17, 15) is 20.0 Å². The molecule has 0 radical (unpaired) electrons. The number of phenols is 1. The smallest absolute Gasteiger partial charge is 0.310 e. The Labute approximate surface area is 138 Å². The van der Waals surface area contributed by atoms with Crippen LogP contribution in [-0.2, 0) is 6.54 Å². The lowest BCUT2D eigenvalue weighted by Crippen LogP contribution is -2.22. The van der Waals surface area contributed by atoms with Crippen molar-refractivity contribution in [1.29, 1.82) is 0 Å². The van der Waals surface area contributed by atoms with Gasteiger partial charge >= 0.3 is 5.69 Å². The molecule has 2 rings (SSSR count). The molecule has 0 saturated carbocycles. The maximum Gasteiger partial charge on any atom is 0.310 e. The van der Waals surface area contributed by atoms with Gasteiger partial charge in [0.15, 0.2) is 5.75 Å². The highest BCUT2D eigenvalue weighted by molar-refractivity contribution is 5.95. The zero-order chi connectivity index (χ0) is 17.7. The second-order valence-electron chi connectivity index (χ2n) is 5.31. The lowest BCUT2D eigenvalue weighted by Gasteiger charge is -2.10. The number of hydrogen-bond donors (Lipinski definition) is 2. The average Bonchev–Trinajstić information content (AvgIpc) is 2.51. The molecule has 0 spiro atoms. The fraction of sp³-hybridized carbons (Fsp3) is 0.250. The molecule has 1 aromatic heterocycles. The Balaban J connectivity index is 2.03. The summed E-state index contributed by atoms with van der Waals surface area (Å²) < 4.78 is 5.48. The highest BCUT2D eigenvalue weighted by Crippen LogP contribution is 2.26. The van der Waals surface area contributed by atoms with Crippen LogP contribution in [0.25, 0.3) is 0 Å². The Morgan fingerprint density at radius 3 is 2.75 bits per heavy atom. The summed E-state index contributed by atoms with van der Waals surface area (Å²) in [6, 6.07) is 6.89. The average molecular weight is 331 g/mol. The number of nitrogens with zero attached hydrogens (tertiary/aromatic N) is 2. The topological polar surface area (TPSA) is 115 Å². The van der Waals surface area contributed by atoms with Crippen LogP contribution in [0.1, 0.15) is 29.8 Å². The van der Waals surface area contributed by atoms with Gasteiger partial charge in [-0.05, 0) is 37.6 Å². The number of nitrogens with one attached hydrogen (secondary N) is 1. The molecule has 0 saturated heterocycles. The monoisotopic (exact) mass is 331 g/mol. The molecule has 0 aliphatic heterocycles. The van der Waals surface area contributed by atoms with Crippen LogP contribution in [0.2, 0.25) is 0 Å². The van der Waals surface area contributed by atoms with Crippen molar-refractivity contribution in [3.05, 3.63) is 57.8 Å². The number of carbonyl (C=O) groups excluding carboxylic acids is 1. The first-order chi connectivity index (χ1) is 11.4. The minimum Gasteiger partial charge on any atom is -0.502 e. The van der Waals surface area contributed by atoms with Crippen LogP contribution >= 0.6 is 0 Å². The third-order valence-electron chi connectivity index (χ3n) is 3.04. The Morgan fingerprint density at radius 1 is 1.38 bits per heavy atom. The largest absolute Gasteiger partial charge is 0.502 e. The molecule has 0 unspecified atom stereocenters. The summed E-state index contributed by atoms with van der Waals surface area (Å²) in [5.41, 5.74) is 0.474. The second-order valence-corrected chi connectivity index (χ2v) is 5.31. The van der Waals surface area contributed by atoms with Gasteiger partial charge in [0, 0.05) is 30.4 Å². The van der Waals surface area contributed by atoms with Crippen molar-refractivity contribution in [3.8, 4) is 11.6 Å². The van der Waals surface area contributed by atoms with Crippen LogP contribution in [0, 0.1) is 10.1 Å². The number of nitro groups is 1. The van der Waals surface area contributed by atoms with Gasteiger partial charge in [0.25, 0.3) is 5.91 Å². The van der Waals surface area contributed by atoms with Crippen LogP contribution in [0.4, 0.5) is 5.69 Å². The molecule has 0 bridgehead atoms. The molecule has 2 aromatic rings. The normalized spacial score (nSPS) is 10.5. The SMILES string of the molecule is CC(C)Oc1cc(CNC(=O)c2ccc([N+](=O)[O-])c(O)c2)ccn1. The van der Waals surface area contributed by atoms with E-state index in [1.807, 2.05) is 13.8 Å². The van der Waals surface area contributed by atoms with Gasteiger partial charge in [-0.15, -0.1) is 0 Å². The van der Waals surface area contributed by atoms with Gasteiger partial charge < -0.3 is 15.2 Å². The van der Waals surface area contributed by atoms with Gasteiger partial charge in [-0.1, -0.05) is 0 Å². The molecule has 1 heterocycles. The molecule has 2 N–H and O–H groups in total. The van der Waals surface area contributed by atoms with Crippen molar-refractivity contribution in [2.24, 2.45) is 0 Å². The Morgan fingerprint density at radius 2 is 2.12 bits per heavy atom. The minimum atomic E-state index is -0.718. The number of rotatable bonds is 6. The molecule has 0 fully saturated rings. The molecule has 1 aromatic carbocycles. The molecule has 8 heteroatoms. The fourth-order valence-corrected chi connectivity index (χ4v) is 1.97. The quantitative estimate of drug-likeness (QED) is 0.620. The van der Waals surface area contributed by atoms with Crippen molar-refractivity contribution in [2.75, 3.05) is 0 Å². The fourth-order valence-electron chi connectivity index (χ4n) is 1.97. The van der Waals surface area contributed by atoms with Crippen LogP contribution in [0.15, 0.2) is 36.5 Å². The van der Waals surface area contributed by atoms with E-state index < -0.39 is 22.3 Å². The van der Waals surface area contributed by atoms with E-state index in [1.54, 1.807) is 18.3 Å².